The van der Waals surface area contributed by atoms with Gasteiger partial charge in [-0.15, -0.1) is 0 Å². The van der Waals surface area contributed by atoms with Crippen LogP contribution in [-0.4, -0.2) is 60.2 Å². The van der Waals surface area contributed by atoms with Crippen molar-refractivity contribution in [3.8, 4) is 5.75 Å². The molecule has 0 bridgehead atoms. The SMILES string of the molecule is O=C(O)N1CCNCC1C1=NCC(c2ccccc2)(C(F)(F)F)Oc2ccccc21. The molecule has 9 heteroatoms. The van der Waals surface area contributed by atoms with Gasteiger partial charge < -0.3 is 15.2 Å². The highest BCUT2D eigenvalue weighted by molar-refractivity contribution is 6.08. The first-order valence-electron chi connectivity index (χ1n) is 9.49. The molecule has 2 unspecified atom stereocenters. The fraction of sp³-hybridized carbons (Fsp3) is 0.333. The van der Waals surface area contributed by atoms with Gasteiger partial charge in [-0.1, -0.05) is 42.5 Å². The topological polar surface area (TPSA) is 74.2 Å². The fourth-order valence-electron chi connectivity index (χ4n) is 3.90. The molecule has 0 radical (unpaired) electrons. The van der Waals surface area contributed by atoms with Crippen LogP contribution >= 0.6 is 0 Å². The molecule has 0 spiro atoms. The number of piperazine rings is 1. The van der Waals surface area contributed by atoms with E-state index in [2.05, 4.69) is 10.3 Å². The molecule has 1 saturated heterocycles. The Morgan fingerprint density at radius 1 is 1.17 bits per heavy atom. The predicted octanol–water partition coefficient (Wildman–Crippen LogP) is 3.28. The zero-order valence-electron chi connectivity index (χ0n) is 15.9. The van der Waals surface area contributed by atoms with Crippen molar-refractivity contribution in [2.45, 2.75) is 17.8 Å². The Labute approximate surface area is 171 Å². The van der Waals surface area contributed by atoms with E-state index >= 15 is 0 Å². The number of carbonyl (C=O) groups is 1. The highest BCUT2D eigenvalue weighted by atomic mass is 19.4. The van der Waals surface area contributed by atoms with Gasteiger partial charge >= 0.3 is 12.3 Å². The van der Waals surface area contributed by atoms with Crippen molar-refractivity contribution < 1.29 is 27.8 Å². The maximum Gasteiger partial charge on any atom is 0.434 e. The summed E-state index contributed by atoms with van der Waals surface area (Å²) in [7, 11) is 0. The molecule has 158 valence electrons. The zero-order chi connectivity index (χ0) is 21.4. The summed E-state index contributed by atoms with van der Waals surface area (Å²) in [6, 6.07) is 13.0. The molecule has 2 N–H and O–H groups in total. The van der Waals surface area contributed by atoms with Crippen molar-refractivity contribution in [2.75, 3.05) is 26.2 Å². The van der Waals surface area contributed by atoms with Gasteiger partial charge in [0.1, 0.15) is 5.75 Å². The van der Waals surface area contributed by atoms with Crippen molar-refractivity contribution in [3.63, 3.8) is 0 Å². The molecule has 6 nitrogen and oxygen atoms in total. The Morgan fingerprint density at radius 3 is 2.57 bits per heavy atom. The van der Waals surface area contributed by atoms with E-state index in [0.717, 1.165) is 0 Å². The van der Waals surface area contributed by atoms with E-state index in [1.54, 1.807) is 24.3 Å². The molecule has 2 aliphatic rings. The van der Waals surface area contributed by atoms with Crippen LogP contribution in [0.5, 0.6) is 5.75 Å². The van der Waals surface area contributed by atoms with E-state index in [-0.39, 0.29) is 30.1 Å². The molecular weight excluding hydrogens is 399 g/mol. The van der Waals surface area contributed by atoms with Crippen molar-refractivity contribution in [2.24, 2.45) is 4.99 Å². The molecule has 4 rings (SSSR count). The van der Waals surface area contributed by atoms with Gasteiger partial charge in [-0.05, 0) is 12.1 Å². The van der Waals surface area contributed by atoms with Crippen molar-refractivity contribution >= 4 is 11.8 Å². The normalized spacial score (nSPS) is 24.3. The number of carboxylic acid groups (broad SMARTS) is 1. The van der Waals surface area contributed by atoms with Crippen LogP contribution in [0.4, 0.5) is 18.0 Å². The van der Waals surface area contributed by atoms with E-state index in [9.17, 15) is 23.1 Å². The Bertz CT molecular complexity index is 965. The van der Waals surface area contributed by atoms with Crippen LogP contribution < -0.4 is 10.1 Å². The third-order valence-electron chi connectivity index (χ3n) is 5.42. The molecule has 0 aliphatic carbocycles. The largest absolute Gasteiger partial charge is 0.470 e. The van der Waals surface area contributed by atoms with Gasteiger partial charge in [0.05, 0.1) is 18.3 Å². The van der Waals surface area contributed by atoms with Gasteiger partial charge in [0.2, 0.25) is 5.60 Å². The Morgan fingerprint density at radius 2 is 1.87 bits per heavy atom. The average molecular weight is 419 g/mol. The molecule has 1 fully saturated rings. The minimum atomic E-state index is -4.75. The summed E-state index contributed by atoms with van der Waals surface area (Å²) in [6.07, 6.45) is -5.89. The monoisotopic (exact) mass is 419 g/mol. The highest BCUT2D eigenvalue weighted by Gasteiger charge is 2.60. The van der Waals surface area contributed by atoms with Gasteiger partial charge in [-0.3, -0.25) is 9.89 Å². The molecule has 30 heavy (non-hydrogen) atoms. The van der Waals surface area contributed by atoms with Crippen LogP contribution in [0, 0.1) is 0 Å². The molecule has 0 aromatic heterocycles. The van der Waals surface area contributed by atoms with E-state index in [4.69, 9.17) is 4.74 Å². The van der Waals surface area contributed by atoms with Crippen LogP contribution in [0.3, 0.4) is 0 Å². The van der Waals surface area contributed by atoms with Gasteiger partial charge in [-0.2, -0.15) is 13.2 Å². The second-order valence-corrected chi connectivity index (χ2v) is 7.19. The van der Waals surface area contributed by atoms with Crippen LogP contribution in [0.15, 0.2) is 59.6 Å². The number of hydrogen-bond donors (Lipinski definition) is 2. The molecule has 0 saturated carbocycles. The van der Waals surface area contributed by atoms with Crippen LogP contribution in [0.2, 0.25) is 0 Å². The number of halogens is 3. The van der Waals surface area contributed by atoms with Gasteiger partial charge in [-0.25, -0.2) is 4.79 Å². The number of nitrogens with zero attached hydrogens (tertiary/aromatic N) is 2. The molecule has 2 aliphatic heterocycles. The minimum absolute atomic E-state index is 0.0193. The molecule has 2 aromatic rings. The minimum Gasteiger partial charge on any atom is -0.470 e. The average Bonchev–Trinajstić information content (AvgIpc) is 2.92. The second-order valence-electron chi connectivity index (χ2n) is 7.19. The van der Waals surface area contributed by atoms with Crippen molar-refractivity contribution in [1.29, 1.82) is 0 Å². The molecule has 2 atom stereocenters. The van der Waals surface area contributed by atoms with Gasteiger partial charge in [0, 0.05) is 30.8 Å². The number of hydrogen-bond acceptors (Lipinski definition) is 4. The molecular formula is C21H20F3N3O3. The summed E-state index contributed by atoms with van der Waals surface area (Å²) in [5, 5.41) is 12.7. The summed E-state index contributed by atoms with van der Waals surface area (Å²) in [5.74, 6) is 0.0193. The fourth-order valence-corrected chi connectivity index (χ4v) is 3.90. The summed E-state index contributed by atoms with van der Waals surface area (Å²) in [6.45, 7) is 0.216. The second kappa shape index (κ2) is 7.64. The quantitative estimate of drug-likeness (QED) is 0.784. The van der Waals surface area contributed by atoms with Crippen LogP contribution in [0.1, 0.15) is 11.1 Å². The highest BCUT2D eigenvalue weighted by Crippen LogP contribution is 2.45. The summed E-state index contributed by atoms with van der Waals surface area (Å²) in [4.78, 5) is 17.3. The maximum absolute atomic E-state index is 14.4. The predicted molar refractivity (Wildman–Crippen MR) is 104 cm³/mol. The Balaban J connectivity index is 1.88. The number of ether oxygens (including phenoxy) is 1. The van der Waals surface area contributed by atoms with E-state index in [1.807, 2.05) is 0 Å². The number of benzene rings is 2. The van der Waals surface area contributed by atoms with Crippen LogP contribution in [0.25, 0.3) is 0 Å². The Kier molecular flexibility index (Phi) is 5.15. The lowest BCUT2D eigenvalue weighted by molar-refractivity contribution is -0.250. The number of fused-ring (bicyclic) bond motifs is 1. The Hall–Kier alpha value is -3.07. The third-order valence-corrected chi connectivity index (χ3v) is 5.42. The van der Waals surface area contributed by atoms with E-state index in [1.165, 1.54) is 35.2 Å². The molecule has 2 aromatic carbocycles. The summed E-state index contributed by atoms with van der Waals surface area (Å²) < 4.78 is 48.9. The molecule has 1 amide bonds. The van der Waals surface area contributed by atoms with Gasteiger partial charge in [0.25, 0.3) is 0 Å². The number of nitrogens with one attached hydrogen (secondary N) is 1. The lowest BCUT2D eigenvalue weighted by atomic mass is 9.92. The zero-order valence-corrected chi connectivity index (χ0v) is 15.9. The first kappa shape index (κ1) is 20.2. The number of aliphatic imine (C=N–C) groups is 1. The van der Waals surface area contributed by atoms with Crippen molar-refractivity contribution in [3.05, 3.63) is 65.7 Å². The maximum atomic E-state index is 14.4. The third kappa shape index (κ3) is 3.39. The summed E-state index contributed by atoms with van der Waals surface area (Å²) in [5.41, 5.74) is -2.11. The lowest BCUT2D eigenvalue weighted by Crippen LogP contribution is -2.56. The first-order chi connectivity index (χ1) is 14.3. The lowest BCUT2D eigenvalue weighted by Gasteiger charge is -2.35. The molecule has 2 heterocycles. The number of alkyl halides is 3. The first-order valence-corrected chi connectivity index (χ1v) is 9.49. The smallest absolute Gasteiger partial charge is 0.434 e. The standard InChI is InChI=1S/C21H20F3N3O3/c22-21(23,24)20(14-6-2-1-3-7-14)13-26-18(15-8-4-5-9-17(15)30-20)16-12-25-10-11-27(16)19(28)29/h1-9,16,25H,10-13H2,(H,28,29). The number of rotatable bonds is 2. The van der Waals surface area contributed by atoms with Gasteiger partial charge in [0.15, 0.2) is 0 Å². The summed E-state index contributed by atoms with van der Waals surface area (Å²) >= 11 is 0. The van der Waals surface area contributed by atoms with Crippen molar-refractivity contribution in [1.82, 2.24) is 10.2 Å². The van der Waals surface area contributed by atoms with E-state index in [0.29, 0.717) is 12.1 Å². The van der Waals surface area contributed by atoms with E-state index < -0.39 is 30.5 Å². The number of para-hydroxylation sites is 1. The van der Waals surface area contributed by atoms with Crippen LogP contribution in [-0.2, 0) is 5.60 Å². The number of amides is 1.